The molecule has 0 aromatic heterocycles. The van der Waals surface area contributed by atoms with Gasteiger partial charge in [-0.25, -0.2) is 8.78 Å². The van der Waals surface area contributed by atoms with Gasteiger partial charge in [0.05, 0.1) is 19.1 Å². The summed E-state index contributed by atoms with van der Waals surface area (Å²) < 4.78 is 36.3. The van der Waals surface area contributed by atoms with Crippen LogP contribution >= 0.6 is 11.8 Å². The Morgan fingerprint density at radius 3 is 1.79 bits per heavy atom. The van der Waals surface area contributed by atoms with Crippen LogP contribution in [-0.2, 0) is 0 Å². The molecule has 0 amide bonds. The van der Waals surface area contributed by atoms with E-state index in [-0.39, 0.29) is 16.4 Å². The van der Waals surface area contributed by atoms with E-state index in [1.54, 1.807) is 6.26 Å². The predicted octanol–water partition coefficient (Wildman–Crippen LogP) is 2.70. The number of hydrogen-bond acceptors (Lipinski definition) is 3. The molecule has 0 aliphatic carbocycles. The second kappa shape index (κ2) is 4.50. The van der Waals surface area contributed by atoms with Gasteiger partial charge >= 0.3 is 0 Å². The van der Waals surface area contributed by atoms with Crippen LogP contribution in [0.3, 0.4) is 0 Å². The molecule has 0 fully saturated rings. The van der Waals surface area contributed by atoms with Gasteiger partial charge in [-0.05, 0) is 6.26 Å². The average molecular weight is 220 g/mol. The van der Waals surface area contributed by atoms with Crippen LogP contribution in [0, 0.1) is 11.6 Å². The van der Waals surface area contributed by atoms with Crippen LogP contribution < -0.4 is 9.47 Å². The molecule has 1 rings (SSSR count). The minimum atomic E-state index is -0.696. The Bertz CT molecular complexity index is 314. The number of thioether (sulfide) groups is 1. The van der Waals surface area contributed by atoms with Crippen molar-refractivity contribution in [2.24, 2.45) is 0 Å². The average Bonchev–Trinajstić information content (AvgIpc) is 2.19. The molecule has 1 aromatic carbocycles. The van der Waals surface area contributed by atoms with Crippen LogP contribution in [0.5, 0.6) is 11.5 Å². The standard InChI is InChI=1S/C9H10F2O2S/c1-12-5-4-6(13-2)8(11)9(14-3)7(5)10/h4H,1-3H3. The van der Waals surface area contributed by atoms with Crippen molar-refractivity contribution < 1.29 is 18.3 Å². The third-order valence-corrected chi connectivity index (χ3v) is 2.50. The molecule has 78 valence electrons. The molecule has 1 aromatic rings. The van der Waals surface area contributed by atoms with Gasteiger partial charge in [0.15, 0.2) is 23.1 Å². The van der Waals surface area contributed by atoms with Crippen LogP contribution in [0.4, 0.5) is 8.78 Å². The molecule has 0 N–H and O–H groups in total. The highest BCUT2D eigenvalue weighted by Crippen LogP contribution is 2.35. The van der Waals surface area contributed by atoms with E-state index in [1.165, 1.54) is 20.3 Å². The molecule has 0 heterocycles. The number of methoxy groups -OCH3 is 2. The van der Waals surface area contributed by atoms with Crippen molar-refractivity contribution in [2.45, 2.75) is 4.90 Å². The maximum absolute atomic E-state index is 13.4. The number of hydrogen-bond donors (Lipinski definition) is 0. The van der Waals surface area contributed by atoms with E-state index in [9.17, 15) is 8.78 Å². The Labute approximate surface area is 85.2 Å². The first-order chi connectivity index (χ1) is 6.65. The number of rotatable bonds is 3. The lowest BCUT2D eigenvalue weighted by molar-refractivity contribution is 0.348. The summed E-state index contributed by atoms with van der Waals surface area (Å²) in [5.41, 5.74) is 0. The number of halogens is 2. The van der Waals surface area contributed by atoms with Crippen molar-refractivity contribution in [1.29, 1.82) is 0 Å². The minimum absolute atomic E-state index is 0.0207. The summed E-state index contributed by atoms with van der Waals surface area (Å²) >= 11 is 0.971. The Balaban J connectivity index is 3.39. The highest BCUT2D eigenvalue weighted by atomic mass is 32.2. The molecule has 0 aliphatic heterocycles. The molecular weight excluding hydrogens is 210 g/mol. The van der Waals surface area contributed by atoms with E-state index in [0.717, 1.165) is 11.8 Å². The quantitative estimate of drug-likeness (QED) is 0.730. The molecule has 0 saturated heterocycles. The highest BCUT2D eigenvalue weighted by Gasteiger charge is 2.18. The normalized spacial score (nSPS) is 10.1. The summed E-state index contributed by atoms with van der Waals surface area (Å²) in [4.78, 5) is -0.0961. The van der Waals surface area contributed by atoms with E-state index in [4.69, 9.17) is 9.47 Å². The lowest BCUT2D eigenvalue weighted by Gasteiger charge is -2.10. The summed E-state index contributed by atoms with van der Waals surface area (Å²) in [6, 6.07) is 1.18. The van der Waals surface area contributed by atoms with Crippen LogP contribution in [0.25, 0.3) is 0 Å². The van der Waals surface area contributed by atoms with Gasteiger partial charge in [-0.3, -0.25) is 0 Å². The lowest BCUT2D eigenvalue weighted by Crippen LogP contribution is -1.97. The Kier molecular flexibility index (Phi) is 3.57. The van der Waals surface area contributed by atoms with E-state index in [1.807, 2.05) is 0 Å². The van der Waals surface area contributed by atoms with Gasteiger partial charge in [-0.2, -0.15) is 0 Å². The lowest BCUT2D eigenvalue weighted by atomic mass is 10.3. The highest BCUT2D eigenvalue weighted by molar-refractivity contribution is 7.98. The molecule has 2 nitrogen and oxygen atoms in total. The third kappa shape index (κ3) is 1.77. The summed E-state index contributed by atoms with van der Waals surface area (Å²) in [5, 5.41) is 0. The zero-order valence-electron chi connectivity index (χ0n) is 8.06. The molecular formula is C9H10F2O2S. The minimum Gasteiger partial charge on any atom is -0.493 e. The SMILES string of the molecule is COc1cc(OC)c(F)c(SC)c1F. The van der Waals surface area contributed by atoms with Crippen LogP contribution in [0.15, 0.2) is 11.0 Å². The van der Waals surface area contributed by atoms with Crippen molar-refractivity contribution in [3.05, 3.63) is 17.7 Å². The zero-order valence-corrected chi connectivity index (χ0v) is 8.87. The van der Waals surface area contributed by atoms with Crippen LogP contribution in [0.1, 0.15) is 0 Å². The third-order valence-electron chi connectivity index (χ3n) is 1.74. The van der Waals surface area contributed by atoms with E-state index >= 15 is 0 Å². The Morgan fingerprint density at radius 1 is 1.07 bits per heavy atom. The molecule has 0 radical (unpaired) electrons. The topological polar surface area (TPSA) is 18.5 Å². The van der Waals surface area contributed by atoms with E-state index in [0.29, 0.717) is 0 Å². The Morgan fingerprint density at radius 2 is 1.50 bits per heavy atom. The molecule has 14 heavy (non-hydrogen) atoms. The fourth-order valence-electron chi connectivity index (χ4n) is 1.04. The summed E-state index contributed by atoms with van der Waals surface area (Å²) in [6.45, 7) is 0. The van der Waals surface area contributed by atoms with E-state index in [2.05, 4.69) is 0 Å². The summed E-state index contributed by atoms with van der Waals surface area (Å²) in [7, 11) is 2.64. The molecule has 5 heteroatoms. The number of benzene rings is 1. The van der Waals surface area contributed by atoms with Crippen molar-refractivity contribution in [1.82, 2.24) is 0 Å². The largest absolute Gasteiger partial charge is 0.493 e. The second-order valence-electron chi connectivity index (χ2n) is 2.44. The van der Waals surface area contributed by atoms with Gasteiger partial charge in [0.2, 0.25) is 0 Å². The second-order valence-corrected chi connectivity index (χ2v) is 3.26. The first-order valence-electron chi connectivity index (χ1n) is 3.79. The first kappa shape index (κ1) is 11.1. The molecule has 0 saturated carbocycles. The van der Waals surface area contributed by atoms with Gasteiger partial charge < -0.3 is 9.47 Å². The maximum atomic E-state index is 13.4. The summed E-state index contributed by atoms with van der Waals surface area (Å²) in [6.07, 6.45) is 1.58. The van der Waals surface area contributed by atoms with E-state index < -0.39 is 11.6 Å². The van der Waals surface area contributed by atoms with Crippen molar-refractivity contribution in [3.8, 4) is 11.5 Å². The fourth-order valence-corrected chi connectivity index (χ4v) is 1.60. The van der Waals surface area contributed by atoms with Crippen molar-refractivity contribution in [2.75, 3.05) is 20.5 Å². The van der Waals surface area contributed by atoms with Gasteiger partial charge in [0.1, 0.15) is 0 Å². The maximum Gasteiger partial charge on any atom is 0.181 e. The summed E-state index contributed by atoms with van der Waals surface area (Å²) in [5.74, 6) is -1.43. The van der Waals surface area contributed by atoms with Crippen molar-refractivity contribution >= 4 is 11.8 Å². The monoisotopic (exact) mass is 220 g/mol. The molecule has 0 atom stereocenters. The van der Waals surface area contributed by atoms with Gasteiger partial charge in [-0.1, -0.05) is 0 Å². The number of ether oxygens (including phenoxy) is 2. The van der Waals surface area contributed by atoms with Crippen LogP contribution in [0.2, 0.25) is 0 Å². The molecule has 0 bridgehead atoms. The Hall–Kier alpha value is -0.970. The fraction of sp³-hybridized carbons (Fsp3) is 0.333. The van der Waals surface area contributed by atoms with Gasteiger partial charge in [-0.15, -0.1) is 11.8 Å². The molecule has 0 spiro atoms. The van der Waals surface area contributed by atoms with Crippen molar-refractivity contribution in [3.63, 3.8) is 0 Å². The zero-order chi connectivity index (χ0) is 10.7. The van der Waals surface area contributed by atoms with Gasteiger partial charge in [0, 0.05) is 6.07 Å². The van der Waals surface area contributed by atoms with Gasteiger partial charge in [0.25, 0.3) is 0 Å². The smallest absolute Gasteiger partial charge is 0.181 e. The molecule has 0 unspecified atom stereocenters. The first-order valence-corrected chi connectivity index (χ1v) is 5.02. The van der Waals surface area contributed by atoms with Crippen LogP contribution in [-0.4, -0.2) is 20.5 Å². The molecule has 0 aliphatic rings. The predicted molar refractivity (Wildman–Crippen MR) is 51.2 cm³/mol.